The average Bonchev–Trinajstić information content (AvgIpc) is 2.40. The van der Waals surface area contributed by atoms with Crippen molar-refractivity contribution in [1.82, 2.24) is 0 Å². The van der Waals surface area contributed by atoms with E-state index < -0.39 is 0 Å². The molecule has 2 rings (SSSR count). The summed E-state index contributed by atoms with van der Waals surface area (Å²) in [4.78, 5) is 0. The minimum absolute atomic E-state index is 0.148. The van der Waals surface area contributed by atoms with E-state index >= 15 is 0 Å². The number of benzene rings is 1. The smallest absolute Gasteiger partial charge is 0.120 e. The van der Waals surface area contributed by atoms with Crippen LogP contribution in [0.3, 0.4) is 0 Å². The summed E-state index contributed by atoms with van der Waals surface area (Å²) in [6, 6.07) is 6.30. The van der Waals surface area contributed by atoms with Gasteiger partial charge < -0.3 is 10.5 Å². The van der Waals surface area contributed by atoms with Crippen LogP contribution < -0.4 is 10.5 Å². The number of hydrogen-bond donors (Lipinski definition) is 1. The molecular formula is C15H22BrNO. The number of hydrogen-bond acceptors (Lipinski definition) is 2. The van der Waals surface area contributed by atoms with Crippen LogP contribution in [0.5, 0.6) is 5.75 Å². The van der Waals surface area contributed by atoms with E-state index in [1.165, 1.54) is 37.7 Å². The second-order valence-electron chi connectivity index (χ2n) is 5.04. The molecule has 3 heteroatoms. The largest absolute Gasteiger partial charge is 0.494 e. The van der Waals surface area contributed by atoms with Crippen molar-refractivity contribution in [3.63, 3.8) is 0 Å². The minimum Gasteiger partial charge on any atom is -0.494 e. The molecule has 0 amide bonds. The molecule has 0 aliphatic heterocycles. The van der Waals surface area contributed by atoms with Crippen LogP contribution >= 0.6 is 15.9 Å². The van der Waals surface area contributed by atoms with Crippen LogP contribution in [0.25, 0.3) is 0 Å². The van der Waals surface area contributed by atoms with Gasteiger partial charge in [0.2, 0.25) is 0 Å². The van der Waals surface area contributed by atoms with E-state index in [-0.39, 0.29) is 6.04 Å². The van der Waals surface area contributed by atoms with Crippen LogP contribution in [-0.2, 0) is 0 Å². The molecular weight excluding hydrogens is 290 g/mol. The molecule has 1 aromatic rings. The summed E-state index contributed by atoms with van der Waals surface area (Å²) in [6.07, 6.45) is 6.55. The van der Waals surface area contributed by atoms with E-state index in [0.717, 1.165) is 10.2 Å². The third kappa shape index (κ3) is 3.27. The van der Waals surface area contributed by atoms with Crippen LogP contribution in [-0.4, -0.2) is 6.61 Å². The lowest BCUT2D eigenvalue weighted by molar-refractivity contribution is 0.307. The molecule has 1 atom stereocenters. The molecule has 2 N–H and O–H groups in total. The van der Waals surface area contributed by atoms with Gasteiger partial charge in [-0.15, -0.1) is 0 Å². The molecule has 1 fully saturated rings. The molecule has 0 aromatic heterocycles. The lowest BCUT2D eigenvalue weighted by Crippen LogP contribution is -2.23. The molecule has 0 radical (unpaired) electrons. The molecule has 18 heavy (non-hydrogen) atoms. The highest BCUT2D eigenvalue weighted by atomic mass is 79.9. The van der Waals surface area contributed by atoms with Crippen LogP contribution in [0.4, 0.5) is 0 Å². The lowest BCUT2D eigenvalue weighted by atomic mass is 9.81. The Balaban J connectivity index is 2.11. The monoisotopic (exact) mass is 311 g/mol. The van der Waals surface area contributed by atoms with E-state index in [1.54, 1.807) is 0 Å². The van der Waals surface area contributed by atoms with Gasteiger partial charge in [0.25, 0.3) is 0 Å². The van der Waals surface area contributed by atoms with Crippen molar-refractivity contribution in [3.05, 3.63) is 28.2 Å². The highest BCUT2D eigenvalue weighted by molar-refractivity contribution is 9.10. The van der Waals surface area contributed by atoms with Gasteiger partial charge in [-0.3, -0.25) is 0 Å². The van der Waals surface area contributed by atoms with Crippen molar-refractivity contribution in [1.29, 1.82) is 0 Å². The Labute approximate surface area is 118 Å². The third-order valence-electron chi connectivity index (χ3n) is 3.80. The lowest BCUT2D eigenvalue weighted by Gasteiger charge is -2.28. The predicted octanol–water partition coefficient (Wildman–Crippen LogP) is 4.43. The van der Waals surface area contributed by atoms with Gasteiger partial charge in [-0.05, 0) is 43.4 Å². The van der Waals surface area contributed by atoms with Gasteiger partial charge in [-0.2, -0.15) is 0 Å². The van der Waals surface area contributed by atoms with Crippen molar-refractivity contribution in [2.75, 3.05) is 6.61 Å². The Hall–Kier alpha value is -0.540. The first-order chi connectivity index (χ1) is 8.72. The van der Waals surface area contributed by atoms with Gasteiger partial charge in [0, 0.05) is 10.5 Å². The van der Waals surface area contributed by atoms with E-state index in [0.29, 0.717) is 12.5 Å². The van der Waals surface area contributed by atoms with E-state index in [1.807, 2.05) is 19.1 Å². The van der Waals surface area contributed by atoms with Gasteiger partial charge in [0.1, 0.15) is 5.75 Å². The zero-order valence-electron chi connectivity index (χ0n) is 11.0. The molecule has 1 aliphatic rings. The van der Waals surface area contributed by atoms with Crippen molar-refractivity contribution < 1.29 is 4.74 Å². The zero-order chi connectivity index (χ0) is 13.0. The first kappa shape index (κ1) is 13.9. The van der Waals surface area contributed by atoms with E-state index in [4.69, 9.17) is 10.5 Å². The number of ether oxygens (including phenoxy) is 1. The Morgan fingerprint density at radius 1 is 1.33 bits per heavy atom. The fraction of sp³-hybridized carbons (Fsp3) is 0.600. The SMILES string of the molecule is CCOc1ccc(C(N)C2CCCCC2)c(Br)c1. The molecule has 0 spiro atoms. The summed E-state index contributed by atoms with van der Waals surface area (Å²) >= 11 is 3.62. The number of nitrogens with two attached hydrogens (primary N) is 1. The standard InChI is InChI=1S/C15H22BrNO/c1-2-18-12-8-9-13(14(16)10-12)15(17)11-6-4-3-5-7-11/h8-11,15H,2-7,17H2,1H3. The Bertz CT molecular complexity index is 388. The third-order valence-corrected chi connectivity index (χ3v) is 4.49. The topological polar surface area (TPSA) is 35.2 Å². The molecule has 1 aliphatic carbocycles. The fourth-order valence-electron chi connectivity index (χ4n) is 2.78. The molecule has 0 saturated heterocycles. The van der Waals surface area contributed by atoms with Crippen molar-refractivity contribution in [3.8, 4) is 5.75 Å². The van der Waals surface area contributed by atoms with Crippen LogP contribution in [0, 0.1) is 5.92 Å². The number of rotatable bonds is 4. The van der Waals surface area contributed by atoms with Crippen LogP contribution in [0.1, 0.15) is 50.6 Å². The summed E-state index contributed by atoms with van der Waals surface area (Å²) in [5, 5.41) is 0. The fourth-order valence-corrected chi connectivity index (χ4v) is 3.40. The van der Waals surface area contributed by atoms with Crippen molar-refractivity contribution in [2.24, 2.45) is 11.7 Å². The molecule has 2 nitrogen and oxygen atoms in total. The molecule has 1 aromatic carbocycles. The Morgan fingerprint density at radius 3 is 2.67 bits per heavy atom. The Morgan fingerprint density at radius 2 is 2.06 bits per heavy atom. The normalized spacial score (nSPS) is 18.6. The van der Waals surface area contributed by atoms with Crippen LogP contribution in [0.15, 0.2) is 22.7 Å². The van der Waals surface area contributed by atoms with E-state index in [9.17, 15) is 0 Å². The van der Waals surface area contributed by atoms with Gasteiger partial charge in [-0.25, -0.2) is 0 Å². The van der Waals surface area contributed by atoms with E-state index in [2.05, 4.69) is 22.0 Å². The summed E-state index contributed by atoms with van der Waals surface area (Å²) in [7, 11) is 0. The first-order valence-electron chi connectivity index (χ1n) is 6.90. The molecule has 100 valence electrons. The molecule has 1 saturated carbocycles. The summed E-state index contributed by atoms with van der Waals surface area (Å²) in [5.74, 6) is 1.54. The van der Waals surface area contributed by atoms with Crippen molar-refractivity contribution in [2.45, 2.75) is 45.1 Å². The molecule has 1 unspecified atom stereocenters. The maximum Gasteiger partial charge on any atom is 0.120 e. The minimum atomic E-state index is 0.148. The van der Waals surface area contributed by atoms with Crippen molar-refractivity contribution >= 4 is 15.9 Å². The number of halogens is 1. The molecule has 0 bridgehead atoms. The predicted molar refractivity (Wildman–Crippen MR) is 78.8 cm³/mol. The Kier molecular flexibility index (Phi) is 5.07. The van der Waals surface area contributed by atoms with Gasteiger partial charge in [0.05, 0.1) is 6.61 Å². The highest BCUT2D eigenvalue weighted by Gasteiger charge is 2.23. The summed E-state index contributed by atoms with van der Waals surface area (Å²) < 4.78 is 6.57. The maximum atomic E-state index is 6.42. The highest BCUT2D eigenvalue weighted by Crippen LogP contribution is 2.36. The second kappa shape index (κ2) is 6.58. The zero-order valence-corrected chi connectivity index (χ0v) is 12.6. The second-order valence-corrected chi connectivity index (χ2v) is 5.89. The van der Waals surface area contributed by atoms with Gasteiger partial charge in [0.15, 0.2) is 0 Å². The summed E-state index contributed by atoms with van der Waals surface area (Å²) in [6.45, 7) is 2.69. The average molecular weight is 312 g/mol. The van der Waals surface area contributed by atoms with Gasteiger partial charge in [-0.1, -0.05) is 41.3 Å². The molecule has 0 heterocycles. The first-order valence-corrected chi connectivity index (χ1v) is 7.69. The van der Waals surface area contributed by atoms with Crippen LogP contribution in [0.2, 0.25) is 0 Å². The maximum absolute atomic E-state index is 6.42. The quantitative estimate of drug-likeness (QED) is 0.893. The van der Waals surface area contributed by atoms with Gasteiger partial charge >= 0.3 is 0 Å². The summed E-state index contributed by atoms with van der Waals surface area (Å²) in [5.41, 5.74) is 7.64.